The number of benzene rings is 1. The zero-order valence-corrected chi connectivity index (χ0v) is 18.8. The number of rotatable bonds is 9. The summed E-state index contributed by atoms with van der Waals surface area (Å²) in [6.45, 7) is 0.751. The first-order valence-corrected chi connectivity index (χ1v) is 10.6. The maximum absolute atomic E-state index is 13.7. The minimum Gasteiger partial charge on any atom is -0.861 e. The number of pyridine rings is 1. The number of aromatic nitrogens is 3. The number of aliphatic imine (C=N–C) groups is 1. The Bertz CT molecular complexity index is 1210. The summed E-state index contributed by atoms with van der Waals surface area (Å²) >= 11 is 0.676. The molecule has 0 aliphatic rings. The van der Waals surface area contributed by atoms with Crippen LogP contribution in [0.25, 0.3) is 11.3 Å². The first kappa shape index (κ1) is 25.0. The van der Waals surface area contributed by atoms with Crippen LogP contribution in [0.1, 0.15) is 11.1 Å². The van der Waals surface area contributed by atoms with Crippen molar-refractivity contribution in [3.8, 4) is 23.1 Å². The van der Waals surface area contributed by atoms with Gasteiger partial charge in [0.05, 0.1) is 23.9 Å². The number of alkyl halides is 3. The second-order valence-electron chi connectivity index (χ2n) is 6.66. The highest BCUT2D eigenvalue weighted by atomic mass is 32.2. The third-order valence-electron chi connectivity index (χ3n) is 4.38. The van der Waals surface area contributed by atoms with Crippen molar-refractivity contribution < 1.29 is 37.0 Å². The molecule has 0 saturated carbocycles. The van der Waals surface area contributed by atoms with Crippen LogP contribution in [0, 0.1) is 11.3 Å². The summed E-state index contributed by atoms with van der Waals surface area (Å²) in [5.74, 6) is -0.623. The Kier molecular flexibility index (Phi) is 8.08. The number of nitriles is 1. The van der Waals surface area contributed by atoms with Crippen molar-refractivity contribution in [2.24, 2.45) is 4.99 Å². The summed E-state index contributed by atoms with van der Waals surface area (Å²) in [5, 5.41) is 25.1. The third kappa shape index (κ3) is 6.24. The molecule has 0 fully saturated rings. The molecule has 0 aliphatic carbocycles. The minimum atomic E-state index is -4.80. The van der Waals surface area contributed by atoms with Gasteiger partial charge < -0.3 is 14.6 Å². The Hall–Kier alpha value is -3.63. The lowest BCUT2D eigenvalue weighted by atomic mass is 10.1. The van der Waals surface area contributed by atoms with Crippen LogP contribution in [0.4, 0.5) is 19.1 Å². The van der Waals surface area contributed by atoms with E-state index in [1.54, 1.807) is 30.3 Å². The van der Waals surface area contributed by atoms with Crippen LogP contribution in [0.2, 0.25) is 0 Å². The molecule has 2 aromatic heterocycles. The Morgan fingerprint density at radius 2 is 2.03 bits per heavy atom. The number of thioether (sulfide) groups is 1. The van der Waals surface area contributed by atoms with Crippen LogP contribution >= 0.6 is 11.8 Å². The van der Waals surface area contributed by atoms with E-state index in [0.29, 0.717) is 36.2 Å². The van der Waals surface area contributed by atoms with E-state index in [4.69, 9.17) is 14.0 Å². The summed E-state index contributed by atoms with van der Waals surface area (Å²) in [6, 6.07) is 8.61. The number of halogens is 3. The SMILES string of the molecule is COCC[n+]1cc(/N=C(\[O-])CSc2nc(-c3ccc(OC)cc3)cc(C(F)(F)F)c2C#N)on1. The van der Waals surface area contributed by atoms with Crippen LogP contribution in [0.3, 0.4) is 0 Å². The molecule has 0 saturated heterocycles. The van der Waals surface area contributed by atoms with Gasteiger partial charge in [-0.05, 0) is 40.9 Å². The van der Waals surface area contributed by atoms with Crippen molar-refractivity contribution in [1.82, 2.24) is 10.3 Å². The van der Waals surface area contributed by atoms with Crippen molar-refractivity contribution in [2.75, 3.05) is 26.6 Å². The molecule has 0 radical (unpaired) electrons. The summed E-state index contributed by atoms with van der Waals surface area (Å²) in [4.78, 5) is 7.94. The minimum absolute atomic E-state index is 0.00437. The third-order valence-corrected chi connectivity index (χ3v) is 5.34. The Morgan fingerprint density at radius 1 is 1.29 bits per heavy atom. The number of hydrogen-bond acceptors (Lipinski definition) is 9. The number of methoxy groups -OCH3 is 2. The van der Waals surface area contributed by atoms with E-state index in [9.17, 15) is 23.5 Å². The first-order valence-electron chi connectivity index (χ1n) is 9.64. The largest absolute Gasteiger partial charge is 0.861 e. The fraction of sp³-hybridized carbons (Fsp3) is 0.286. The van der Waals surface area contributed by atoms with E-state index in [1.165, 1.54) is 25.1 Å². The van der Waals surface area contributed by atoms with Crippen molar-refractivity contribution in [1.29, 1.82) is 5.26 Å². The van der Waals surface area contributed by atoms with E-state index in [0.717, 1.165) is 6.07 Å². The molecule has 1 aromatic carbocycles. The summed E-state index contributed by atoms with van der Waals surface area (Å²) in [6.07, 6.45) is -3.42. The van der Waals surface area contributed by atoms with Gasteiger partial charge >= 0.3 is 12.1 Å². The van der Waals surface area contributed by atoms with Gasteiger partial charge in [-0.1, -0.05) is 11.8 Å². The molecule has 0 N–H and O–H groups in total. The summed E-state index contributed by atoms with van der Waals surface area (Å²) in [5.41, 5.74) is -1.43. The zero-order chi connectivity index (χ0) is 24.7. The standard InChI is InChI=1S/C21H18F3N5O4S/c1-31-8-7-29-11-19(33-28-29)27-18(30)12-34-20-15(10-25)16(21(22,23)24)9-17(26-20)13-3-5-14(32-2)6-4-13/h3-6,9,11H,7-8,12H2,1-2H3. The second-order valence-corrected chi connectivity index (χ2v) is 7.63. The van der Waals surface area contributed by atoms with E-state index >= 15 is 0 Å². The van der Waals surface area contributed by atoms with E-state index in [-0.39, 0.29) is 22.4 Å². The lowest BCUT2D eigenvalue weighted by molar-refractivity contribution is -0.763. The fourth-order valence-electron chi connectivity index (χ4n) is 2.76. The molecule has 0 spiro atoms. The quantitative estimate of drug-likeness (QED) is 0.193. The summed E-state index contributed by atoms with van der Waals surface area (Å²) < 4.78 is 57.3. The smallest absolute Gasteiger partial charge is 0.417 e. The molecule has 0 bridgehead atoms. The van der Waals surface area contributed by atoms with E-state index in [1.807, 2.05) is 0 Å². The molecule has 2 heterocycles. The van der Waals surface area contributed by atoms with E-state index < -0.39 is 23.2 Å². The van der Waals surface area contributed by atoms with Gasteiger partial charge in [-0.25, -0.2) is 9.98 Å². The molecule has 13 heteroatoms. The van der Waals surface area contributed by atoms with Gasteiger partial charge in [0, 0.05) is 18.4 Å². The number of ether oxygens (including phenoxy) is 2. The Morgan fingerprint density at radius 3 is 2.65 bits per heavy atom. The predicted octanol–water partition coefficient (Wildman–Crippen LogP) is 2.75. The lowest BCUT2D eigenvalue weighted by Gasteiger charge is -2.15. The molecule has 0 atom stereocenters. The fourth-order valence-corrected chi connectivity index (χ4v) is 3.55. The van der Waals surface area contributed by atoms with Gasteiger partial charge in [0.1, 0.15) is 23.5 Å². The predicted molar refractivity (Wildman–Crippen MR) is 112 cm³/mol. The van der Waals surface area contributed by atoms with Crippen molar-refractivity contribution in [3.63, 3.8) is 0 Å². The molecule has 3 aromatic rings. The Labute approximate surface area is 196 Å². The van der Waals surface area contributed by atoms with E-state index in [2.05, 4.69) is 15.2 Å². The maximum atomic E-state index is 13.7. The zero-order valence-electron chi connectivity index (χ0n) is 18.0. The van der Waals surface area contributed by atoms with Crippen LogP contribution in [0.15, 0.2) is 51.1 Å². The highest BCUT2D eigenvalue weighted by Gasteiger charge is 2.36. The van der Waals surface area contributed by atoms with Gasteiger partial charge in [-0.3, -0.25) is 4.52 Å². The normalized spacial score (nSPS) is 11.9. The molecule has 0 amide bonds. The van der Waals surface area contributed by atoms with Crippen LogP contribution in [0.5, 0.6) is 5.75 Å². The first-order chi connectivity index (χ1) is 16.2. The monoisotopic (exact) mass is 493 g/mol. The molecule has 0 aliphatic heterocycles. The summed E-state index contributed by atoms with van der Waals surface area (Å²) in [7, 11) is 2.98. The van der Waals surface area contributed by atoms with Gasteiger partial charge in [0.15, 0.2) is 0 Å². The highest BCUT2D eigenvalue weighted by molar-refractivity contribution is 7.99. The highest BCUT2D eigenvalue weighted by Crippen LogP contribution is 2.38. The molecule has 9 nitrogen and oxygen atoms in total. The van der Waals surface area contributed by atoms with Crippen LogP contribution < -0.4 is 14.5 Å². The maximum Gasteiger partial charge on any atom is 0.417 e. The molecular weight excluding hydrogens is 475 g/mol. The van der Waals surface area contributed by atoms with Crippen molar-refractivity contribution in [2.45, 2.75) is 17.7 Å². The second kappa shape index (κ2) is 11.0. The van der Waals surface area contributed by atoms with Crippen molar-refractivity contribution >= 4 is 23.5 Å². The number of nitrogens with zero attached hydrogens (tertiary/aromatic N) is 5. The Balaban J connectivity index is 1.89. The average molecular weight is 493 g/mol. The van der Waals surface area contributed by atoms with Crippen LogP contribution in [-0.4, -0.2) is 42.7 Å². The average Bonchev–Trinajstić information content (AvgIpc) is 3.27. The molecule has 34 heavy (non-hydrogen) atoms. The molecule has 0 unspecified atom stereocenters. The molecular formula is C21H18F3N5O4S. The molecule has 178 valence electrons. The van der Waals surface area contributed by atoms with Crippen LogP contribution in [-0.2, 0) is 17.5 Å². The van der Waals surface area contributed by atoms with Gasteiger partial charge in [-0.15, -0.1) is 0 Å². The topological polar surface area (TPSA) is 120 Å². The lowest BCUT2D eigenvalue weighted by Crippen LogP contribution is -2.36. The van der Waals surface area contributed by atoms with Gasteiger partial charge in [-0.2, -0.15) is 18.4 Å². The van der Waals surface area contributed by atoms with Gasteiger partial charge in [0.2, 0.25) is 11.8 Å². The molecule has 3 rings (SSSR count). The van der Waals surface area contributed by atoms with Gasteiger partial charge in [0.25, 0.3) is 6.20 Å². The van der Waals surface area contributed by atoms with Crippen molar-refractivity contribution in [3.05, 3.63) is 47.7 Å². The number of hydrogen-bond donors (Lipinski definition) is 0.